The molecule has 0 bridgehead atoms. The Morgan fingerprint density at radius 2 is 1.90 bits per heavy atom. The zero-order valence-electron chi connectivity index (χ0n) is 13.0. The summed E-state index contributed by atoms with van der Waals surface area (Å²) in [7, 11) is 0. The first kappa shape index (κ1) is 15.6. The van der Waals surface area contributed by atoms with Crippen molar-refractivity contribution < 1.29 is 4.39 Å². The predicted molar refractivity (Wildman–Crippen MR) is 84.8 cm³/mol. The third-order valence-corrected chi connectivity index (χ3v) is 3.55. The molecule has 2 nitrogen and oxygen atoms in total. The van der Waals surface area contributed by atoms with Gasteiger partial charge in [0.1, 0.15) is 5.82 Å². The van der Waals surface area contributed by atoms with Crippen LogP contribution in [0.4, 0.5) is 4.39 Å². The summed E-state index contributed by atoms with van der Waals surface area (Å²) in [5.74, 6) is -0.152. The minimum atomic E-state index is -0.152. The van der Waals surface area contributed by atoms with Gasteiger partial charge < -0.3 is 5.32 Å². The molecule has 0 saturated carbocycles. The van der Waals surface area contributed by atoms with Crippen LogP contribution in [0.3, 0.4) is 0 Å². The Labute approximate surface area is 126 Å². The fourth-order valence-corrected chi connectivity index (χ4v) is 2.37. The van der Waals surface area contributed by atoms with Gasteiger partial charge >= 0.3 is 0 Å². The summed E-state index contributed by atoms with van der Waals surface area (Å²) in [4.78, 5) is 4.44. The molecule has 112 valence electrons. The molecule has 0 fully saturated rings. The largest absolute Gasteiger partial charge is 0.310 e. The molecule has 1 N–H and O–H groups in total. The SMILES string of the molecule is CCCNC(Cc1ccc(C)cn1)c1cc(C)ccc1F. The number of aryl methyl sites for hydroxylation is 2. The van der Waals surface area contributed by atoms with Gasteiger partial charge in [-0.15, -0.1) is 0 Å². The summed E-state index contributed by atoms with van der Waals surface area (Å²) < 4.78 is 14.2. The zero-order valence-corrected chi connectivity index (χ0v) is 13.0. The molecule has 1 atom stereocenters. The van der Waals surface area contributed by atoms with Gasteiger partial charge in [0, 0.05) is 29.9 Å². The molecule has 0 aliphatic rings. The van der Waals surface area contributed by atoms with E-state index in [2.05, 4.69) is 17.2 Å². The van der Waals surface area contributed by atoms with E-state index < -0.39 is 0 Å². The zero-order chi connectivity index (χ0) is 15.2. The van der Waals surface area contributed by atoms with Crippen LogP contribution in [0.1, 0.15) is 41.8 Å². The third-order valence-electron chi connectivity index (χ3n) is 3.55. The first-order chi connectivity index (χ1) is 10.1. The minimum absolute atomic E-state index is 0.0416. The highest BCUT2D eigenvalue weighted by molar-refractivity contribution is 5.28. The van der Waals surface area contributed by atoms with E-state index >= 15 is 0 Å². The number of halogens is 1. The average molecular weight is 286 g/mol. The van der Waals surface area contributed by atoms with Gasteiger partial charge in [0.2, 0.25) is 0 Å². The first-order valence-electron chi connectivity index (χ1n) is 7.51. The minimum Gasteiger partial charge on any atom is -0.310 e. The molecule has 0 aliphatic heterocycles. The number of benzene rings is 1. The Hall–Kier alpha value is -1.74. The Morgan fingerprint density at radius 3 is 2.57 bits per heavy atom. The van der Waals surface area contributed by atoms with Crippen molar-refractivity contribution >= 4 is 0 Å². The van der Waals surface area contributed by atoms with E-state index in [4.69, 9.17) is 0 Å². The number of rotatable bonds is 6. The highest BCUT2D eigenvalue weighted by Crippen LogP contribution is 2.22. The smallest absolute Gasteiger partial charge is 0.128 e. The lowest BCUT2D eigenvalue weighted by atomic mass is 9.99. The fourth-order valence-electron chi connectivity index (χ4n) is 2.37. The van der Waals surface area contributed by atoms with Crippen molar-refractivity contribution in [2.45, 2.75) is 39.7 Å². The van der Waals surface area contributed by atoms with Crippen molar-refractivity contribution in [2.24, 2.45) is 0 Å². The summed E-state index contributed by atoms with van der Waals surface area (Å²) in [5.41, 5.74) is 3.92. The summed E-state index contributed by atoms with van der Waals surface area (Å²) in [6.45, 7) is 6.98. The van der Waals surface area contributed by atoms with Crippen LogP contribution in [0.15, 0.2) is 36.5 Å². The van der Waals surface area contributed by atoms with Crippen LogP contribution < -0.4 is 5.32 Å². The van der Waals surface area contributed by atoms with E-state index in [0.717, 1.165) is 35.3 Å². The van der Waals surface area contributed by atoms with Crippen molar-refractivity contribution in [1.82, 2.24) is 10.3 Å². The third kappa shape index (κ3) is 4.36. The second-order valence-corrected chi connectivity index (χ2v) is 5.56. The maximum atomic E-state index is 14.2. The van der Waals surface area contributed by atoms with Crippen LogP contribution in [0.2, 0.25) is 0 Å². The Morgan fingerprint density at radius 1 is 1.14 bits per heavy atom. The predicted octanol–water partition coefficient (Wildman–Crippen LogP) is 4.12. The van der Waals surface area contributed by atoms with Gasteiger partial charge in [-0.05, 0) is 44.5 Å². The number of aromatic nitrogens is 1. The van der Waals surface area contributed by atoms with Crippen molar-refractivity contribution in [3.05, 3.63) is 64.7 Å². The average Bonchev–Trinajstić information content (AvgIpc) is 2.48. The van der Waals surface area contributed by atoms with E-state index in [1.165, 1.54) is 0 Å². The number of pyridine rings is 1. The van der Waals surface area contributed by atoms with Gasteiger partial charge in [-0.1, -0.05) is 30.7 Å². The van der Waals surface area contributed by atoms with Crippen LogP contribution in [-0.2, 0) is 6.42 Å². The van der Waals surface area contributed by atoms with Gasteiger partial charge in [0.05, 0.1) is 0 Å². The summed E-state index contributed by atoms with van der Waals surface area (Å²) >= 11 is 0. The summed E-state index contributed by atoms with van der Waals surface area (Å²) in [6, 6.07) is 9.31. The molecule has 0 amide bonds. The maximum absolute atomic E-state index is 14.2. The van der Waals surface area contributed by atoms with Crippen LogP contribution in [0.25, 0.3) is 0 Å². The van der Waals surface area contributed by atoms with Gasteiger partial charge in [0.25, 0.3) is 0 Å². The topological polar surface area (TPSA) is 24.9 Å². The van der Waals surface area contributed by atoms with E-state index in [9.17, 15) is 4.39 Å². The van der Waals surface area contributed by atoms with Crippen LogP contribution in [-0.4, -0.2) is 11.5 Å². The molecule has 1 aromatic carbocycles. The second kappa shape index (κ2) is 7.32. The monoisotopic (exact) mass is 286 g/mol. The van der Waals surface area contributed by atoms with Crippen molar-refractivity contribution in [3.63, 3.8) is 0 Å². The number of hydrogen-bond acceptors (Lipinski definition) is 2. The molecule has 1 heterocycles. The molecule has 0 saturated heterocycles. The molecule has 2 rings (SSSR count). The van der Waals surface area contributed by atoms with Crippen molar-refractivity contribution in [2.75, 3.05) is 6.54 Å². The molecule has 0 radical (unpaired) electrons. The molecule has 3 heteroatoms. The van der Waals surface area contributed by atoms with Crippen LogP contribution in [0, 0.1) is 19.7 Å². The lowest BCUT2D eigenvalue weighted by molar-refractivity contribution is 0.493. The summed E-state index contributed by atoms with van der Waals surface area (Å²) in [5, 5.41) is 3.44. The molecule has 1 aromatic heterocycles. The van der Waals surface area contributed by atoms with Gasteiger partial charge in [-0.3, -0.25) is 4.98 Å². The first-order valence-corrected chi connectivity index (χ1v) is 7.51. The molecule has 2 aromatic rings. The van der Waals surface area contributed by atoms with E-state index in [1.807, 2.05) is 38.2 Å². The molecule has 1 unspecified atom stereocenters. The highest BCUT2D eigenvalue weighted by Gasteiger charge is 2.16. The van der Waals surface area contributed by atoms with Crippen molar-refractivity contribution in [3.8, 4) is 0 Å². The molecule has 0 aliphatic carbocycles. The molecular weight excluding hydrogens is 263 g/mol. The van der Waals surface area contributed by atoms with Gasteiger partial charge in [-0.25, -0.2) is 4.39 Å². The lowest BCUT2D eigenvalue weighted by Crippen LogP contribution is -2.25. The van der Waals surface area contributed by atoms with Gasteiger partial charge in [-0.2, -0.15) is 0 Å². The standard InChI is InChI=1S/C18H23FN2/c1-4-9-20-18(11-15-7-5-14(3)12-21-15)16-10-13(2)6-8-17(16)19/h5-8,10,12,18,20H,4,9,11H2,1-3H3. The number of nitrogens with one attached hydrogen (secondary N) is 1. The molecule has 21 heavy (non-hydrogen) atoms. The van der Waals surface area contributed by atoms with E-state index in [-0.39, 0.29) is 11.9 Å². The number of nitrogens with zero attached hydrogens (tertiary/aromatic N) is 1. The van der Waals surface area contributed by atoms with Crippen LogP contribution in [0.5, 0.6) is 0 Å². The summed E-state index contributed by atoms with van der Waals surface area (Å²) in [6.07, 6.45) is 3.57. The van der Waals surface area contributed by atoms with Gasteiger partial charge in [0.15, 0.2) is 0 Å². The fraction of sp³-hybridized carbons (Fsp3) is 0.389. The highest BCUT2D eigenvalue weighted by atomic mass is 19.1. The Kier molecular flexibility index (Phi) is 5.45. The van der Waals surface area contributed by atoms with Crippen LogP contribution >= 0.6 is 0 Å². The molecular formula is C18H23FN2. The lowest BCUT2D eigenvalue weighted by Gasteiger charge is -2.20. The van der Waals surface area contributed by atoms with E-state index in [1.54, 1.807) is 12.1 Å². The normalized spacial score (nSPS) is 12.4. The number of hydrogen-bond donors (Lipinski definition) is 1. The Balaban J connectivity index is 2.25. The second-order valence-electron chi connectivity index (χ2n) is 5.56. The van der Waals surface area contributed by atoms with Crippen molar-refractivity contribution in [1.29, 1.82) is 0 Å². The van der Waals surface area contributed by atoms with E-state index in [0.29, 0.717) is 6.42 Å². The molecule has 0 spiro atoms. The maximum Gasteiger partial charge on any atom is 0.128 e. The Bertz CT molecular complexity index is 578. The quantitative estimate of drug-likeness (QED) is 0.864.